The van der Waals surface area contributed by atoms with Crippen LogP contribution < -0.4 is 19.5 Å². The van der Waals surface area contributed by atoms with Gasteiger partial charge in [0.1, 0.15) is 18.1 Å². The Morgan fingerprint density at radius 3 is 2.24 bits per heavy atom. The van der Waals surface area contributed by atoms with E-state index in [1.807, 2.05) is 0 Å². The lowest BCUT2D eigenvalue weighted by Gasteiger charge is -2.14. The second kappa shape index (κ2) is 12.8. The summed E-state index contributed by atoms with van der Waals surface area (Å²) in [5, 5.41) is 24.1. The number of hydrogen-bond acceptors (Lipinski definition) is 8. The van der Waals surface area contributed by atoms with Gasteiger partial charge >= 0.3 is 5.97 Å². The molecule has 0 aliphatic heterocycles. The van der Waals surface area contributed by atoms with E-state index in [2.05, 4.69) is 14.8 Å². The van der Waals surface area contributed by atoms with E-state index in [9.17, 15) is 31.8 Å². The third kappa shape index (κ3) is 8.69. The standard InChI is InChI=1S/C28H32N4O8S2/c1-41(36,37)30-22-7-3-5-19(13-22)18-32-25-16-24(10-9-20(25)15-26(32)28(34)35)40-12-11-29-17-27(33)21-6-4-8-23(14-21)31-42(2,38)39/h3-10,13-16,27,29-31,33H,11-12,17-18H2,1-2H3,(H,34,35)/t27-/m0/s1. The summed E-state index contributed by atoms with van der Waals surface area (Å²) in [5.74, 6) is -0.576. The number of hydrogen-bond donors (Lipinski definition) is 5. The third-order valence-corrected chi connectivity index (χ3v) is 7.34. The molecule has 4 rings (SSSR count). The molecule has 224 valence electrons. The molecule has 0 amide bonds. The number of carbonyl (C=O) groups is 1. The maximum Gasteiger partial charge on any atom is 0.352 e. The Labute approximate surface area is 244 Å². The van der Waals surface area contributed by atoms with Crippen LogP contribution in [0.25, 0.3) is 10.9 Å². The zero-order valence-electron chi connectivity index (χ0n) is 22.9. The highest BCUT2D eigenvalue weighted by molar-refractivity contribution is 7.92. The van der Waals surface area contributed by atoms with Crippen molar-refractivity contribution in [3.05, 3.63) is 89.6 Å². The fraction of sp³-hybridized carbons (Fsp3) is 0.250. The van der Waals surface area contributed by atoms with Crippen LogP contribution in [0, 0.1) is 0 Å². The van der Waals surface area contributed by atoms with Crippen molar-refractivity contribution in [3.8, 4) is 5.75 Å². The van der Waals surface area contributed by atoms with Crippen molar-refractivity contribution in [2.75, 3.05) is 41.7 Å². The molecule has 0 saturated heterocycles. The van der Waals surface area contributed by atoms with Crippen LogP contribution in [0.5, 0.6) is 5.75 Å². The Balaban J connectivity index is 1.40. The third-order valence-electron chi connectivity index (χ3n) is 6.13. The molecule has 1 heterocycles. The Kier molecular flexibility index (Phi) is 9.41. The number of nitrogens with zero attached hydrogens (tertiary/aromatic N) is 1. The van der Waals surface area contributed by atoms with Crippen molar-refractivity contribution in [1.82, 2.24) is 9.88 Å². The van der Waals surface area contributed by atoms with Crippen molar-refractivity contribution in [3.63, 3.8) is 0 Å². The number of aromatic nitrogens is 1. The van der Waals surface area contributed by atoms with Gasteiger partial charge < -0.3 is 24.8 Å². The van der Waals surface area contributed by atoms with Crippen molar-refractivity contribution >= 4 is 48.3 Å². The molecule has 1 atom stereocenters. The van der Waals surface area contributed by atoms with Crippen LogP contribution in [-0.4, -0.2) is 69.8 Å². The van der Waals surface area contributed by atoms with Gasteiger partial charge in [-0.3, -0.25) is 9.44 Å². The predicted molar refractivity (Wildman–Crippen MR) is 161 cm³/mol. The zero-order valence-corrected chi connectivity index (χ0v) is 24.6. The fourth-order valence-electron chi connectivity index (χ4n) is 4.42. The lowest BCUT2D eigenvalue weighted by atomic mass is 10.1. The highest BCUT2D eigenvalue weighted by Crippen LogP contribution is 2.27. The SMILES string of the molecule is CS(=O)(=O)Nc1cccc(Cn2c(C(=O)O)cc3ccc(OCCNC[C@H](O)c4cccc(NS(C)(=O)=O)c4)cc32)c1. The molecule has 0 radical (unpaired) electrons. The minimum absolute atomic E-state index is 0.0788. The fourth-order valence-corrected chi connectivity index (χ4v) is 5.53. The summed E-state index contributed by atoms with van der Waals surface area (Å²) in [5.41, 5.74) is 2.71. The molecule has 0 spiro atoms. The largest absolute Gasteiger partial charge is 0.492 e. The quantitative estimate of drug-likeness (QED) is 0.133. The lowest BCUT2D eigenvalue weighted by molar-refractivity contribution is 0.0686. The van der Waals surface area contributed by atoms with Gasteiger partial charge in [-0.25, -0.2) is 21.6 Å². The molecule has 0 aliphatic rings. The molecule has 0 aliphatic carbocycles. The summed E-state index contributed by atoms with van der Waals surface area (Å²) in [6.45, 7) is 1.06. The minimum Gasteiger partial charge on any atom is -0.492 e. The first-order chi connectivity index (χ1) is 19.8. The first kappa shape index (κ1) is 30.8. The predicted octanol–water partition coefficient (Wildman–Crippen LogP) is 2.83. The number of sulfonamides is 2. The molecule has 42 heavy (non-hydrogen) atoms. The number of nitrogens with one attached hydrogen (secondary N) is 3. The van der Waals surface area contributed by atoms with E-state index < -0.39 is 32.1 Å². The van der Waals surface area contributed by atoms with Crippen LogP contribution in [-0.2, 0) is 26.6 Å². The average Bonchev–Trinajstić information content (AvgIpc) is 3.24. The first-order valence-electron chi connectivity index (χ1n) is 12.8. The van der Waals surface area contributed by atoms with Crippen molar-refractivity contribution < 1.29 is 36.6 Å². The summed E-state index contributed by atoms with van der Waals surface area (Å²) in [4.78, 5) is 12.0. The molecule has 1 aromatic heterocycles. The Morgan fingerprint density at radius 1 is 0.905 bits per heavy atom. The number of anilines is 2. The summed E-state index contributed by atoms with van der Waals surface area (Å²) in [7, 11) is -6.90. The van der Waals surface area contributed by atoms with E-state index in [1.54, 1.807) is 77.4 Å². The zero-order chi connectivity index (χ0) is 30.5. The molecule has 4 aromatic rings. The topological polar surface area (TPSA) is 176 Å². The van der Waals surface area contributed by atoms with Crippen LogP contribution in [0.1, 0.15) is 27.7 Å². The Bertz CT molecular complexity index is 1800. The molecule has 3 aromatic carbocycles. The van der Waals surface area contributed by atoms with Crippen LogP contribution >= 0.6 is 0 Å². The summed E-state index contributed by atoms with van der Waals surface area (Å²) in [6, 6.07) is 20.1. The van der Waals surface area contributed by atoms with Crippen LogP contribution in [0.4, 0.5) is 11.4 Å². The number of carboxylic acids is 1. The Morgan fingerprint density at radius 2 is 1.57 bits per heavy atom. The van der Waals surface area contributed by atoms with Crippen molar-refractivity contribution in [1.29, 1.82) is 0 Å². The summed E-state index contributed by atoms with van der Waals surface area (Å²) >= 11 is 0. The van der Waals surface area contributed by atoms with E-state index >= 15 is 0 Å². The number of rotatable bonds is 14. The van der Waals surface area contributed by atoms with Crippen molar-refractivity contribution in [2.45, 2.75) is 12.6 Å². The first-order valence-corrected chi connectivity index (χ1v) is 16.6. The number of ether oxygens (including phenoxy) is 1. The molecule has 5 N–H and O–H groups in total. The van der Waals surface area contributed by atoms with Gasteiger partial charge in [-0.15, -0.1) is 0 Å². The minimum atomic E-state index is -3.47. The van der Waals surface area contributed by atoms with E-state index in [1.165, 1.54) is 0 Å². The maximum absolute atomic E-state index is 12.0. The average molecular weight is 617 g/mol. The number of carboxylic acid groups (broad SMARTS) is 1. The number of aromatic carboxylic acids is 1. The van der Waals surface area contributed by atoms with Crippen LogP contribution in [0.3, 0.4) is 0 Å². The molecule has 14 heteroatoms. The number of aliphatic hydroxyl groups is 1. The highest BCUT2D eigenvalue weighted by atomic mass is 32.2. The second-order valence-corrected chi connectivity index (χ2v) is 13.3. The monoisotopic (exact) mass is 616 g/mol. The van der Waals surface area contributed by atoms with Gasteiger partial charge in [-0.1, -0.05) is 24.3 Å². The summed E-state index contributed by atoms with van der Waals surface area (Å²) < 4.78 is 58.4. The molecule has 0 saturated carbocycles. The highest BCUT2D eigenvalue weighted by Gasteiger charge is 2.16. The van der Waals surface area contributed by atoms with Gasteiger partial charge in [-0.2, -0.15) is 0 Å². The van der Waals surface area contributed by atoms with Crippen LogP contribution in [0.15, 0.2) is 72.8 Å². The van der Waals surface area contributed by atoms with E-state index in [0.29, 0.717) is 45.7 Å². The maximum atomic E-state index is 12.0. The Hall–Kier alpha value is -4.11. The lowest BCUT2D eigenvalue weighted by Crippen LogP contribution is -2.26. The number of aliphatic hydroxyl groups excluding tert-OH is 1. The second-order valence-electron chi connectivity index (χ2n) is 9.78. The molecule has 0 unspecified atom stereocenters. The molecular formula is C28H32N4O8S2. The molecular weight excluding hydrogens is 584 g/mol. The van der Waals surface area contributed by atoms with Gasteiger partial charge in [0.25, 0.3) is 0 Å². The molecule has 12 nitrogen and oxygen atoms in total. The normalized spacial score (nSPS) is 12.6. The van der Waals surface area contributed by atoms with E-state index in [4.69, 9.17) is 4.74 Å². The van der Waals surface area contributed by atoms with Crippen molar-refractivity contribution in [2.24, 2.45) is 0 Å². The molecule has 0 fully saturated rings. The van der Waals surface area contributed by atoms with E-state index in [0.717, 1.165) is 12.5 Å². The smallest absolute Gasteiger partial charge is 0.352 e. The summed E-state index contributed by atoms with van der Waals surface area (Å²) in [6.07, 6.45) is 1.24. The number of fused-ring (bicyclic) bond motifs is 1. The van der Waals surface area contributed by atoms with E-state index in [-0.39, 0.29) is 25.4 Å². The number of benzene rings is 3. The van der Waals surface area contributed by atoms with Gasteiger partial charge in [-0.05, 0) is 53.6 Å². The van der Waals surface area contributed by atoms with Crippen LogP contribution in [0.2, 0.25) is 0 Å². The molecule has 0 bridgehead atoms. The van der Waals surface area contributed by atoms with Gasteiger partial charge in [0.05, 0.1) is 24.1 Å². The van der Waals surface area contributed by atoms with Gasteiger partial charge in [0, 0.05) is 42.5 Å². The van der Waals surface area contributed by atoms with Gasteiger partial charge in [0.15, 0.2) is 0 Å². The van der Waals surface area contributed by atoms with Gasteiger partial charge in [0.2, 0.25) is 20.0 Å².